The van der Waals surface area contributed by atoms with E-state index in [2.05, 4.69) is 0 Å². The molecular formula is C16H38O. The van der Waals surface area contributed by atoms with Crippen molar-refractivity contribution >= 4 is 0 Å². The van der Waals surface area contributed by atoms with E-state index in [4.69, 9.17) is 8.22 Å². The summed E-state index contributed by atoms with van der Waals surface area (Å²) in [5.41, 5.74) is -3.06. The first-order chi connectivity index (χ1) is 9.00. The Bertz CT molecular complexity index is 299. The zero-order valence-electron chi connectivity index (χ0n) is 18.4. The van der Waals surface area contributed by atoms with Gasteiger partial charge in [-0.3, -0.25) is 0 Å². The molecule has 0 aromatic heterocycles. The molecule has 0 bridgehead atoms. The fourth-order valence-corrected chi connectivity index (χ4v) is 0. The molecule has 0 radical (unpaired) electrons. The van der Waals surface area contributed by atoms with Crippen LogP contribution in [0.3, 0.4) is 0 Å². The molecule has 0 saturated heterocycles. The number of hydrogen-bond donors (Lipinski definition) is 1. The summed E-state index contributed by atoms with van der Waals surface area (Å²) in [7, 11) is 0. The lowest BCUT2D eigenvalue weighted by Crippen LogP contribution is -2.35. The zero-order chi connectivity index (χ0) is 19.0. The van der Waals surface area contributed by atoms with E-state index in [0.29, 0.717) is 0 Å². The molecule has 0 rings (SSSR count). The molecular weight excluding hydrogens is 208 g/mol. The summed E-state index contributed by atoms with van der Waals surface area (Å²) < 4.78 is 44.2. The highest BCUT2D eigenvalue weighted by Gasteiger charge is 2.29. The summed E-state index contributed by atoms with van der Waals surface area (Å²) >= 11 is 0. The van der Waals surface area contributed by atoms with E-state index < -0.39 is 30.1 Å². The Morgan fingerprint density at radius 3 is 0.882 bits per heavy atom. The van der Waals surface area contributed by atoms with Gasteiger partial charge in [0.05, 0.1) is 5.60 Å². The average molecular weight is 253 g/mol. The van der Waals surface area contributed by atoms with Gasteiger partial charge in [0.1, 0.15) is 0 Å². The number of aliphatic hydroxyl groups is 1. The largest absolute Gasteiger partial charge is 0.390 e. The van der Waals surface area contributed by atoms with Gasteiger partial charge in [-0.1, -0.05) is 69.6 Å². The van der Waals surface area contributed by atoms with Crippen LogP contribution in [0.1, 0.15) is 91.7 Å². The third-order valence-electron chi connectivity index (χ3n) is 3.34. The van der Waals surface area contributed by atoms with Crippen molar-refractivity contribution in [3.05, 3.63) is 0 Å². The lowest BCUT2D eigenvalue weighted by atomic mass is 9.71. The van der Waals surface area contributed by atoms with Gasteiger partial charge in [-0.15, -0.1) is 0 Å². The highest BCUT2D eigenvalue weighted by Crippen LogP contribution is 2.36. The SMILES string of the molecule is C.CC(C)(C)C(C)(C)O.[2H]C([2H])([2H])C(C)(C([2H])([2H])[2H])C(C)(C)C. The first-order valence-corrected chi connectivity index (χ1v) is 5.72. The third kappa shape index (κ3) is 9.64. The molecule has 17 heavy (non-hydrogen) atoms. The molecule has 0 atom stereocenters. The highest BCUT2D eigenvalue weighted by molar-refractivity contribution is 4.80. The topological polar surface area (TPSA) is 20.2 Å². The van der Waals surface area contributed by atoms with Crippen molar-refractivity contribution in [3.63, 3.8) is 0 Å². The van der Waals surface area contributed by atoms with E-state index in [0.717, 1.165) is 0 Å². The van der Waals surface area contributed by atoms with E-state index in [9.17, 15) is 5.11 Å². The molecule has 0 amide bonds. The predicted molar refractivity (Wildman–Crippen MR) is 81.4 cm³/mol. The van der Waals surface area contributed by atoms with E-state index in [-0.39, 0.29) is 12.8 Å². The van der Waals surface area contributed by atoms with Crippen LogP contribution in [0, 0.1) is 16.2 Å². The Morgan fingerprint density at radius 2 is 0.882 bits per heavy atom. The minimum atomic E-state index is -2.49. The Morgan fingerprint density at radius 1 is 0.647 bits per heavy atom. The molecule has 0 aromatic rings. The lowest BCUT2D eigenvalue weighted by molar-refractivity contribution is -0.0238. The van der Waals surface area contributed by atoms with Crippen molar-refractivity contribution in [2.24, 2.45) is 16.2 Å². The first kappa shape index (κ1) is 10.8. The van der Waals surface area contributed by atoms with Crippen molar-refractivity contribution in [1.29, 1.82) is 0 Å². The van der Waals surface area contributed by atoms with Crippen LogP contribution >= 0.6 is 0 Å². The first-order valence-electron chi connectivity index (χ1n) is 8.72. The van der Waals surface area contributed by atoms with Crippen LogP contribution in [0.4, 0.5) is 0 Å². The van der Waals surface area contributed by atoms with Crippen molar-refractivity contribution in [3.8, 4) is 0 Å². The zero-order valence-corrected chi connectivity index (χ0v) is 12.4. The Kier molecular flexibility index (Phi) is 3.97. The van der Waals surface area contributed by atoms with E-state index in [1.165, 1.54) is 6.92 Å². The summed E-state index contributed by atoms with van der Waals surface area (Å²) in [5, 5.41) is 9.35. The van der Waals surface area contributed by atoms with Gasteiger partial charge in [0, 0.05) is 8.22 Å². The Hall–Kier alpha value is -0.0400. The lowest BCUT2D eigenvalue weighted by Gasteiger charge is -2.34. The Balaban J connectivity index is -0.000000382. The maximum Gasteiger partial charge on any atom is 0.0639 e. The average Bonchev–Trinajstić information content (AvgIpc) is 2.08. The quantitative estimate of drug-likeness (QED) is 0.602. The van der Waals surface area contributed by atoms with Gasteiger partial charge in [-0.25, -0.2) is 0 Å². The summed E-state index contributed by atoms with van der Waals surface area (Å²) in [5.74, 6) is 0. The van der Waals surface area contributed by atoms with Crippen molar-refractivity contribution in [1.82, 2.24) is 0 Å². The van der Waals surface area contributed by atoms with Gasteiger partial charge >= 0.3 is 0 Å². The summed E-state index contributed by atoms with van der Waals surface area (Å²) in [6.45, 7) is 11.0. The van der Waals surface area contributed by atoms with Crippen LogP contribution < -0.4 is 0 Å². The summed E-state index contributed by atoms with van der Waals surface area (Å²) in [6.07, 6.45) is 0. The van der Waals surface area contributed by atoms with Crippen LogP contribution in [0.15, 0.2) is 0 Å². The van der Waals surface area contributed by atoms with Gasteiger partial charge in [-0.2, -0.15) is 0 Å². The molecule has 0 aliphatic heterocycles. The normalized spacial score (nSPS) is 20.1. The second kappa shape index (κ2) is 6.22. The minimum Gasteiger partial charge on any atom is -0.390 e. The summed E-state index contributed by atoms with van der Waals surface area (Å²) in [6, 6.07) is 0. The summed E-state index contributed by atoms with van der Waals surface area (Å²) in [4.78, 5) is 0. The van der Waals surface area contributed by atoms with Crippen LogP contribution in [0.25, 0.3) is 0 Å². The monoisotopic (exact) mass is 252 g/mol. The van der Waals surface area contributed by atoms with Crippen molar-refractivity contribution < 1.29 is 13.3 Å². The van der Waals surface area contributed by atoms with Gasteiger partial charge < -0.3 is 5.11 Å². The molecule has 0 aromatic carbocycles. The fraction of sp³-hybridized carbons (Fsp3) is 1.00. The molecule has 108 valence electrons. The molecule has 1 heteroatoms. The fourth-order valence-electron chi connectivity index (χ4n) is 0. The second-order valence-corrected chi connectivity index (χ2v) is 7.18. The van der Waals surface area contributed by atoms with Crippen LogP contribution in [0.5, 0.6) is 0 Å². The molecule has 1 nitrogen and oxygen atoms in total. The smallest absolute Gasteiger partial charge is 0.0639 e. The van der Waals surface area contributed by atoms with Crippen LogP contribution in [0.2, 0.25) is 0 Å². The number of rotatable bonds is 0. The molecule has 0 aliphatic carbocycles. The van der Waals surface area contributed by atoms with Crippen molar-refractivity contribution in [2.75, 3.05) is 0 Å². The standard InChI is InChI=1S/C8H18.C7H16O.CH4/c1-7(2,3)8(4,5)6;1-6(2,3)7(4,5)8;/h1-6H3;8H,1-5H3;1H4/i1D3,2D3;;. The highest BCUT2D eigenvalue weighted by atomic mass is 16.3. The van der Waals surface area contributed by atoms with E-state index in [1.54, 1.807) is 20.8 Å². The van der Waals surface area contributed by atoms with Gasteiger partial charge in [-0.05, 0) is 30.1 Å². The van der Waals surface area contributed by atoms with E-state index >= 15 is 0 Å². The molecule has 0 heterocycles. The van der Waals surface area contributed by atoms with Crippen LogP contribution in [-0.4, -0.2) is 10.7 Å². The van der Waals surface area contributed by atoms with Gasteiger partial charge in [0.25, 0.3) is 0 Å². The third-order valence-corrected chi connectivity index (χ3v) is 3.34. The maximum absolute atomic E-state index is 9.35. The number of hydrogen-bond acceptors (Lipinski definition) is 1. The van der Waals surface area contributed by atoms with Gasteiger partial charge in [0.2, 0.25) is 0 Å². The molecule has 0 fully saturated rings. The van der Waals surface area contributed by atoms with Crippen LogP contribution in [-0.2, 0) is 0 Å². The van der Waals surface area contributed by atoms with Crippen molar-refractivity contribution in [2.45, 2.75) is 89.0 Å². The minimum absolute atomic E-state index is 0. The Labute approximate surface area is 119 Å². The van der Waals surface area contributed by atoms with Gasteiger partial charge in [0.15, 0.2) is 0 Å². The molecule has 1 N–H and O–H groups in total. The van der Waals surface area contributed by atoms with E-state index in [1.807, 2.05) is 34.6 Å². The molecule has 0 aliphatic rings. The predicted octanol–water partition coefficient (Wildman–Crippen LogP) is 5.52. The molecule has 0 spiro atoms. The second-order valence-electron chi connectivity index (χ2n) is 7.18. The molecule has 0 unspecified atom stereocenters. The molecule has 0 saturated carbocycles. The maximum atomic E-state index is 9.35.